The molecule has 0 radical (unpaired) electrons. The number of ether oxygens (including phenoxy) is 1. The highest BCUT2D eigenvalue weighted by atomic mass is 35.5. The van der Waals surface area contributed by atoms with Gasteiger partial charge in [-0.05, 0) is 31.5 Å². The second-order valence-corrected chi connectivity index (χ2v) is 5.05. The minimum absolute atomic E-state index is 0.214. The second kappa shape index (κ2) is 6.30. The summed E-state index contributed by atoms with van der Waals surface area (Å²) in [7, 11) is 1.50. The van der Waals surface area contributed by atoms with Gasteiger partial charge in [-0.2, -0.15) is 0 Å². The van der Waals surface area contributed by atoms with Crippen molar-refractivity contribution in [1.82, 2.24) is 5.32 Å². The van der Waals surface area contributed by atoms with Crippen LogP contribution in [0.1, 0.15) is 30.6 Å². The Morgan fingerprint density at radius 2 is 2.17 bits per heavy atom. The predicted octanol–water partition coefficient (Wildman–Crippen LogP) is 3.49. The van der Waals surface area contributed by atoms with Gasteiger partial charge in [0.25, 0.3) is 5.91 Å². The summed E-state index contributed by atoms with van der Waals surface area (Å²) >= 11 is 11.7. The first-order chi connectivity index (χ1) is 8.45. The van der Waals surface area contributed by atoms with E-state index in [4.69, 9.17) is 27.9 Å². The average Bonchev–Trinajstić information content (AvgIpc) is 2.38. The average molecular weight is 290 g/mol. The van der Waals surface area contributed by atoms with Gasteiger partial charge in [0.1, 0.15) is 5.75 Å². The molecule has 0 aliphatic heterocycles. The van der Waals surface area contributed by atoms with E-state index in [0.29, 0.717) is 22.2 Å². The van der Waals surface area contributed by atoms with Gasteiger partial charge < -0.3 is 10.1 Å². The van der Waals surface area contributed by atoms with E-state index in [2.05, 4.69) is 5.32 Å². The van der Waals surface area contributed by atoms with Crippen LogP contribution in [0.5, 0.6) is 5.75 Å². The van der Waals surface area contributed by atoms with Gasteiger partial charge in [0.05, 0.1) is 18.2 Å². The Hall–Kier alpha value is -0.930. The minimum Gasteiger partial charge on any atom is -0.496 e. The smallest absolute Gasteiger partial charge is 0.255 e. The quantitative estimate of drug-likeness (QED) is 0.843. The summed E-state index contributed by atoms with van der Waals surface area (Å²) in [5, 5.41) is 3.44. The van der Waals surface area contributed by atoms with Gasteiger partial charge in [0, 0.05) is 10.9 Å². The Balaban J connectivity index is 2.97. The van der Waals surface area contributed by atoms with Gasteiger partial charge in [-0.3, -0.25) is 4.79 Å². The van der Waals surface area contributed by atoms with Crippen LogP contribution < -0.4 is 10.1 Å². The van der Waals surface area contributed by atoms with Gasteiger partial charge in [-0.1, -0.05) is 18.5 Å². The number of rotatable bonds is 5. The first kappa shape index (κ1) is 15.1. The van der Waals surface area contributed by atoms with E-state index in [1.165, 1.54) is 7.11 Å². The molecule has 1 atom stereocenters. The highest BCUT2D eigenvalue weighted by Crippen LogP contribution is 2.24. The normalized spacial score (nSPS) is 13.8. The number of alkyl halides is 1. The summed E-state index contributed by atoms with van der Waals surface area (Å²) in [4.78, 5) is 12.2. The van der Waals surface area contributed by atoms with Crippen LogP contribution in [0.4, 0.5) is 0 Å². The third-order valence-electron chi connectivity index (χ3n) is 2.90. The molecule has 0 bridgehead atoms. The van der Waals surface area contributed by atoms with Gasteiger partial charge in [-0.25, -0.2) is 0 Å². The predicted molar refractivity (Wildman–Crippen MR) is 74.9 cm³/mol. The van der Waals surface area contributed by atoms with E-state index < -0.39 is 5.54 Å². The Bertz CT molecular complexity index is 431. The molecule has 0 aliphatic rings. The van der Waals surface area contributed by atoms with E-state index in [9.17, 15) is 4.79 Å². The van der Waals surface area contributed by atoms with Crippen LogP contribution in [0.3, 0.4) is 0 Å². The Morgan fingerprint density at radius 1 is 1.50 bits per heavy atom. The zero-order chi connectivity index (χ0) is 13.8. The first-order valence-electron chi connectivity index (χ1n) is 5.67. The van der Waals surface area contributed by atoms with E-state index in [1.54, 1.807) is 18.2 Å². The molecule has 0 fully saturated rings. The van der Waals surface area contributed by atoms with E-state index >= 15 is 0 Å². The van der Waals surface area contributed by atoms with Crippen LogP contribution in [0.15, 0.2) is 18.2 Å². The fraction of sp³-hybridized carbons (Fsp3) is 0.462. The SMILES string of the molecule is CCC(C)(CCl)NC(=O)c1ccc(Cl)cc1OC. The molecule has 5 heteroatoms. The van der Waals surface area contributed by atoms with Crippen LogP contribution in [0.25, 0.3) is 0 Å². The molecular formula is C13H17Cl2NO2. The monoisotopic (exact) mass is 289 g/mol. The van der Waals surface area contributed by atoms with Crippen molar-refractivity contribution in [3.8, 4) is 5.75 Å². The number of amides is 1. The Labute approximate surface area is 117 Å². The number of hydrogen-bond donors (Lipinski definition) is 1. The molecule has 0 heterocycles. The molecule has 1 aromatic carbocycles. The number of benzene rings is 1. The summed E-state index contributed by atoms with van der Waals surface area (Å²) in [5.74, 6) is 0.590. The molecule has 1 amide bonds. The lowest BCUT2D eigenvalue weighted by molar-refractivity contribution is 0.0909. The van der Waals surface area contributed by atoms with E-state index in [1.807, 2.05) is 13.8 Å². The molecule has 0 aromatic heterocycles. The highest BCUT2D eigenvalue weighted by molar-refractivity contribution is 6.30. The summed E-state index contributed by atoms with van der Waals surface area (Å²) in [5.41, 5.74) is 0.0233. The molecule has 100 valence electrons. The minimum atomic E-state index is -0.427. The Morgan fingerprint density at radius 3 is 2.67 bits per heavy atom. The van der Waals surface area contributed by atoms with E-state index in [0.717, 1.165) is 6.42 Å². The van der Waals surface area contributed by atoms with Gasteiger partial charge in [0.2, 0.25) is 0 Å². The summed E-state index contributed by atoms with van der Waals surface area (Å²) in [6.45, 7) is 3.88. The maximum Gasteiger partial charge on any atom is 0.255 e. The third-order valence-corrected chi connectivity index (χ3v) is 3.72. The molecule has 1 N–H and O–H groups in total. The van der Waals surface area contributed by atoms with Crippen molar-refractivity contribution in [3.63, 3.8) is 0 Å². The molecule has 0 saturated carbocycles. The summed E-state index contributed by atoms with van der Waals surface area (Å²) in [6, 6.07) is 4.91. The van der Waals surface area contributed by atoms with Crippen molar-refractivity contribution < 1.29 is 9.53 Å². The first-order valence-corrected chi connectivity index (χ1v) is 6.59. The maximum absolute atomic E-state index is 12.2. The molecule has 18 heavy (non-hydrogen) atoms. The fourth-order valence-electron chi connectivity index (χ4n) is 1.41. The topological polar surface area (TPSA) is 38.3 Å². The van der Waals surface area contributed by atoms with Crippen molar-refractivity contribution in [2.24, 2.45) is 0 Å². The third kappa shape index (κ3) is 3.53. The molecular weight excluding hydrogens is 273 g/mol. The fourth-order valence-corrected chi connectivity index (χ4v) is 1.83. The number of halogens is 2. The molecule has 0 saturated heterocycles. The standard InChI is InChI=1S/C13H17Cl2NO2/c1-4-13(2,8-14)16-12(17)10-6-5-9(15)7-11(10)18-3/h5-7H,4,8H2,1-3H3,(H,16,17). The zero-order valence-electron chi connectivity index (χ0n) is 10.7. The van der Waals surface area contributed by atoms with Crippen LogP contribution in [0.2, 0.25) is 5.02 Å². The largest absolute Gasteiger partial charge is 0.496 e. The van der Waals surface area contributed by atoms with Crippen LogP contribution in [-0.4, -0.2) is 24.4 Å². The van der Waals surface area contributed by atoms with Crippen molar-refractivity contribution in [2.75, 3.05) is 13.0 Å². The molecule has 0 aliphatic carbocycles. The molecule has 0 spiro atoms. The molecule has 1 rings (SSSR count). The molecule has 1 aromatic rings. The van der Waals surface area contributed by atoms with Gasteiger partial charge >= 0.3 is 0 Å². The number of carbonyl (C=O) groups excluding carboxylic acids is 1. The maximum atomic E-state index is 12.2. The lowest BCUT2D eigenvalue weighted by Crippen LogP contribution is -2.47. The highest BCUT2D eigenvalue weighted by Gasteiger charge is 2.25. The lowest BCUT2D eigenvalue weighted by Gasteiger charge is -2.27. The number of methoxy groups -OCH3 is 1. The van der Waals surface area contributed by atoms with Crippen molar-refractivity contribution in [2.45, 2.75) is 25.8 Å². The number of carbonyl (C=O) groups is 1. The lowest BCUT2D eigenvalue weighted by atomic mass is 10.0. The van der Waals surface area contributed by atoms with Crippen molar-refractivity contribution >= 4 is 29.1 Å². The van der Waals surface area contributed by atoms with Crippen molar-refractivity contribution in [3.05, 3.63) is 28.8 Å². The van der Waals surface area contributed by atoms with Crippen LogP contribution >= 0.6 is 23.2 Å². The van der Waals surface area contributed by atoms with E-state index in [-0.39, 0.29) is 5.91 Å². The van der Waals surface area contributed by atoms with Gasteiger partial charge in [-0.15, -0.1) is 11.6 Å². The Kier molecular flexibility index (Phi) is 5.29. The molecule has 1 unspecified atom stereocenters. The van der Waals surface area contributed by atoms with Crippen LogP contribution in [-0.2, 0) is 0 Å². The summed E-state index contributed by atoms with van der Waals surface area (Å²) in [6.07, 6.45) is 0.748. The number of nitrogens with one attached hydrogen (secondary N) is 1. The van der Waals surface area contributed by atoms with Crippen LogP contribution in [0, 0.1) is 0 Å². The van der Waals surface area contributed by atoms with Gasteiger partial charge in [0.15, 0.2) is 0 Å². The van der Waals surface area contributed by atoms with Crippen molar-refractivity contribution in [1.29, 1.82) is 0 Å². The zero-order valence-corrected chi connectivity index (χ0v) is 12.2. The number of hydrogen-bond acceptors (Lipinski definition) is 2. The molecule has 3 nitrogen and oxygen atoms in total. The second-order valence-electron chi connectivity index (χ2n) is 4.35. The summed E-state index contributed by atoms with van der Waals surface area (Å²) < 4.78 is 5.15.